The fourth-order valence-electron chi connectivity index (χ4n) is 1.58. The van der Waals surface area contributed by atoms with Crippen LogP contribution in [0, 0.1) is 13.8 Å². The van der Waals surface area contributed by atoms with Gasteiger partial charge < -0.3 is 0 Å². The molecule has 74 valence electrons. The van der Waals surface area contributed by atoms with Gasteiger partial charge in [-0.1, -0.05) is 17.2 Å². The fourth-order valence-corrected chi connectivity index (χ4v) is 1.58. The summed E-state index contributed by atoms with van der Waals surface area (Å²) in [6.07, 6.45) is 0. The third kappa shape index (κ3) is 1.75. The van der Waals surface area contributed by atoms with Crippen molar-refractivity contribution in [3.63, 3.8) is 0 Å². The molecule has 0 bridgehead atoms. The Kier molecular flexibility index (Phi) is 2.27. The van der Waals surface area contributed by atoms with Crippen LogP contribution in [0.25, 0.3) is 21.3 Å². The normalized spacial score (nSPS) is 10.0. The molecule has 0 amide bonds. The topological polar surface area (TPSA) is 61.7 Å². The largest absolute Gasteiger partial charge is 0.253 e. The molecule has 0 aliphatic heterocycles. The molecule has 0 aliphatic rings. The molecule has 1 aromatic heterocycles. The van der Waals surface area contributed by atoms with Crippen molar-refractivity contribution in [1.82, 2.24) is 4.98 Å². The lowest BCUT2D eigenvalue weighted by Gasteiger charge is -2.03. The van der Waals surface area contributed by atoms with Gasteiger partial charge in [0, 0.05) is 21.7 Å². The lowest BCUT2D eigenvalue weighted by molar-refractivity contribution is 1.24. The molecule has 0 atom stereocenters. The van der Waals surface area contributed by atoms with Gasteiger partial charge in [-0.05, 0) is 37.1 Å². The van der Waals surface area contributed by atoms with Gasteiger partial charge in [-0.3, -0.25) is 4.98 Å². The molecule has 0 N–H and O–H groups in total. The summed E-state index contributed by atoms with van der Waals surface area (Å²) in [5.74, 6) is 0. The number of aromatic nitrogens is 1. The monoisotopic (exact) mass is 198 g/mol. The number of benzene rings is 1. The van der Waals surface area contributed by atoms with Gasteiger partial charge in [0.1, 0.15) is 0 Å². The van der Waals surface area contributed by atoms with E-state index in [1.165, 1.54) is 0 Å². The first kappa shape index (κ1) is 9.49. The Hall–Kier alpha value is -2.06. The maximum absolute atomic E-state index is 8.46. The Morgan fingerprint density at radius 3 is 2.80 bits per heavy atom. The van der Waals surface area contributed by atoms with Crippen molar-refractivity contribution in [1.29, 1.82) is 0 Å². The summed E-state index contributed by atoms with van der Waals surface area (Å²) in [5, 5.41) is 4.56. The van der Waals surface area contributed by atoms with Crippen molar-refractivity contribution in [3.8, 4) is 0 Å². The second-order valence-corrected chi connectivity index (χ2v) is 3.49. The van der Waals surface area contributed by atoms with E-state index in [9.17, 15) is 0 Å². The predicted octanol–water partition coefficient (Wildman–Crippen LogP) is 3.79. The lowest BCUT2D eigenvalue weighted by Crippen LogP contribution is -1.84. The molecular formula is C11H10N4. The van der Waals surface area contributed by atoms with Crippen LogP contribution < -0.4 is 0 Å². The summed E-state index contributed by atoms with van der Waals surface area (Å²) in [7, 11) is 0. The summed E-state index contributed by atoms with van der Waals surface area (Å²) < 4.78 is 0. The zero-order valence-corrected chi connectivity index (χ0v) is 8.60. The average molecular weight is 198 g/mol. The number of azide groups is 1. The molecule has 0 spiro atoms. The average Bonchev–Trinajstić information content (AvgIpc) is 2.17. The number of nitrogens with zero attached hydrogens (tertiary/aromatic N) is 4. The van der Waals surface area contributed by atoms with E-state index in [2.05, 4.69) is 15.0 Å². The summed E-state index contributed by atoms with van der Waals surface area (Å²) in [6, 6.07) is 7.69. The van der Waals surface area contributed by atoms with E-state index in [1.807, 2.05) is 32.0 Å². The zero-order chi connectivity index (χ0) is 10.8. The van der Waals surface area contributed by atoms with Crippen LogP contribution >= 0.6 is 0 Å². The minimum absolute atomic E-state index is 0.639. The third-order valence-corrected chi connectivity index (χ3v) is 2.22. The maximum atomic E-state index is 8.46. The molecule has 0 unspecified atom stereocenters. The van der Waals surface area contributed by atoms with Gasteiger partial charge >= 0.3 is 0 Å². The number of fused-ring (bicyclic) bond motifs is 1. The molecule has 2 aromatic rings. The number of aryl methyl sites for hydroxylation is 2. The molecule has 0 radical (unpaired) electrons. The second kappa shape index (κ2) is 3.59. The minimum Gasteiger partial charge on any atom is -0.253 e. The van der Waals surface area contributed by atoms with E-state index in [0.29, 0.717) is 5.69 Å². The van der Waals surface area contributed by atoms with Crippen LogP contribution in [0.15, 0.2) is 29.4 Å². The first-order valence-corrected chi connectivity index (χ1v) is 4.64. The highest BCUT2D eigenvalue weighted by atomic mass is 15.1. The number of pyridine rings is 1. The molecule has 1 aromatic carbocycles. The third-order valence-electron chi connectivity index (χ3n) is 2.22. The molecule has 0 saturated heterocycles. The van der Waals surface area contributed by atoms with Crippen molar-refractivity contribution in [2.45, 2.75) is 13.8 Å². The van der Waals surface area contributed by atoms with Gasteiger partial charge in [0.15, 0.2) is 0 Å². The van der Waals surface area contributed by atoms with E-state index in [4.69, 9.17) is 5.53 Å². The molecule has 0 fully saturated rings. The van der Waals surface area contributed by atoms with E-state index in [0.717, 1.165) is 22.2 Å². The summed E-state index contributed by atoms with van der Waals surface area (Å²) in [4.78, 5) is 7.21. The Balaban J connectivity index is 2.85. The van der Waals surface area contributed by atoms with Crippen molar-refractivity contribution in [2.75, 3.05) is 0 Å². The minimum atomic E-state index is 0.639. The molecule has 4 heteroatoms. The highest BCUT2D eigenvalue weighted by molar-refractivity contribution is 5.90. The summed E-state index contributed by atoms with van der Waals surface area (Å²) in [6.45, 7) is 3.90. The van der Waals surface area contributed by atoms with Crippen LogP contribution in [-0.2, 0) is 0 Å². The molecule has 15 heavy (non-hydrogen) atoms. The molecule has 0 aliphatic carbocycles. The van der Waals surface area contributed by atoms with E-state index in [-0.39, 0.29) is 0 Å². The predicted molar refractivity (Wildman–Crippen MR) is 60.0 cm³/mol. The van der Waals surface area contributed by atoms with Crippen LogP contribution in [0.5, 0.6) is 0 Å². The highest BCUT2D eigenvalue weighted by Crippen LogP contribution is 2.26. The molecule has 1 heterocycles. The number of hydrogen-bond acceptors (Lipinski definition) is 2. The second-order valence-electron chi connectivity index (χ2n) is 3.49. The van der Waals surface area contributed by atoms with Gasteiger partial charge in [-0.25, -0.2) is 0 Å². The Labute approximate surface area is 87.2 Å². The van der Waals surface area contributed by atoms with Gasteiger partial charge in [0.2, 0.25) is 0 Å². The summed E-state index contributed by atoms with van der Waals surface area (Å²) >= 11 is 0. The van der Waals surface area contributed by atoms with E-state index < -0.39 is 0 Å². The lowest BCUT2D eigenvalue weighted by atomic mass is 10.1. The fraction of sp³-hybridized carbons (Fsp3) is 0.182. The first-order valence-electron chi connectivity index (χ1n) is 4.64. The Morgan fingerprint density at radius 1 is 1.27 bits per heavy atom. The first-order chi connectivity index (χ1) is 7.20. The molecule has 0 saturated carbocycles. The number of rotatable bonds is 1. The van der Waals surface area contributed by atoms with Crippen LogP contribution in [-0.4, -0.2) is 4.98 Å². The van der Waals surface area contributed by atoms with Crippen molar-refractivity contribution in [3.05, 3.63) is 46.0 Å². The van der Waals surface area contributed by atoms with Crippen LogP contribution in [0.4, 0.5) is 5.69 Å². The van der Waals surface area contributed by atoms with Crippen molar-refractivity contribution < 1.29 is 0 Å². The van der Waals surface area contributed by atoms with Gasteiger partial charge in [0.25, 0.3) is 0 Å². The highest BCUT2D eigenvalue weighted by Gasteiger charge is 2.02. The Bertz CT molecular complexity index is 563. The van der Waals surface area contributed by atoms with Gasteiger partial charge in [-0.2, -0.15) is 0 Å². The standard InChI is InChI=1S/C11H10N4/c1-7-3-4-9-10(5-7)13-8(2)6-11(9)14-15-12/h3-6H,1-2H3. The Morgan fingerprint density at radius 2 is 2.07 bits per heavy atom. The van der Waals surface area contributed by atoms with Crippen LogP contribution in [0.1, 0.15) is 11.3 Å². The van der Waals surface area contributed by atoms with Gasteiger partial charge in [0.05, 0.1) is 5.52 Å². The molecule has 2 rings (SSSR count). The zero-order valence-electron chi connectivity index (χ0n) is 8.60. The number of hydrogen-bond donors (Lipinski definition) is 0. The van der Waals surface area contributed by atoms with Crippen molar-refractivity contribution in [2.24, 2.45) is 5.11 Å². The van der Waals surface area contributed by atoms with E-state index in [1.54, 1.807) is 6.07 Å². The molecular weight excluding hydrogens is 188 g/mol. The quantitative estimate of drug-likeness (QED) is 0.390. The smallest absolute Gasteiger partial charge is 0.0712 e. The van der Waals surface area contributed by atoms with Crippen LogP contribution in [0.3, 0.4) is 0 Å². The SMILES string of the molecule is Cc1ccc2c(N=[N+]=[N-])cc(C)nc2c1. The van der Waals surface area contributed by atoms with Crippen LogP contribution in [0.2, 0.25) is 0 Å². The van der Waals surface area contributed by atoms with Gasteiger partial charge in [-0.15, -0.1) is 0 Å². The maximum Gasteiger partial charge on any atom is 0.0712 e. The van der Waals surface area contributed by atoms with Crippen molar-refractivity contribution >= 4 is 16.6 Å². The summed E-state index contributed by atoms with van der Waals surface area (Å²) in [5.41, 5.74) is 12.0. The molecule has 4 nitrogen and oxygen atoms in total. The van der Waals surface area contributed by atoms with E-state index >= 15 is 0 Å².